The number of rotatable bonds is 5. The summed E-state index contributed by atoms with van der Waals surface area (Å²) >= 11 is 13.5. The average Bonchev–Trinajstić information content (AvgIpc) is 2.49. The van der Waals surface area contributed by atoms with E-state index in [9.17, 15) is 4.79 Å². The third-order valence-electron chi connectivity index (χ3n) is 2.94. The standard InChI is InChI=1S/C16H15Cl2NOS/c1-11(12-5-3-2-4-6-12)21-10-16(20)19-15-9-13(17)7-8-14(15)18/h2-9,11H,10H2,1H3,(H,19,20)/t11-/m0/s1. The summed E-state index contributed by atoms with van der Waals surface area (Å²) in [5.41, 5.74) is 1.75. The van der Waals surface area contributed by atoms with Gasteiger partial charge in [-0.15, -0.1) is 11.8 Å². The second-order valence-corrected chi connectivity index (χ2v) is 6.71. The van der Waals surface area contributed by atoms with Crippen LogP contribution in [0, 0.1) is 0 Å². The Kier molecular flexibility index (Phi) is 5.97. The van der Waals surface area contributed by atoms with E-state index in [2.05, 4.69) is 24.4 Å². The topological polar surface area (TPSA) is 29.1 Å². The predicted octanol–water partition coefficient (Wildman–Crippen LogP) is 5.43. The lowest BCUT2D eigenvalue weighted by Gasteiger charge is -2.12. The van der Waals surface area contributed by atoms with Crippen molar-refractivity contribution >= 4 is 46.6 Å². The molecule has 1 N–H and O–H groups in total. The minimum atomic E-state index is -0.0908. The molecule has 1 atom stereocenters. The highest BCUT2D eigenvalue weighted by Crippen LogP contribution is 2.29. The Morgan fingerprint density at radius 3 is 2.62 bits per heavy atom. The van der Waals surface area contributed by atoms with E-state index < -0.39 is 0 Å². The minimum Gasteiger partial charge on any atom is -0.324 e. The number of benzene rings is 2. The highest BCUT2D eigenvalue weighted by molar-refractivity contribution is 8.00. The van der Waals surface area contributed by atoms with Gasteiger partial charge in [-0.1, -0.05) is 53.5 Å². The van der Waals surface area contributed by atoms with Gasteiger partial charge in [-0.25, -0.2) is 0 Å². The van der Waals surface area contributed by atoms with Crippen LogP contribution in [-0.4, -0.2) is 11.7 Å². The molecule has 0 aliphatic heterocycles. The normalized spacial score (nSPS) is 12.0. The quantitative estimate of drug-likeness (QED) is 0.787. The van der Waals surface area contributed by atoms with Gasteiger partial charge in [0.25, 0.3) is 0 Å². The Morgan fingerprint density at radius 1 is 1.19 bits per heavy atom. The number of amides is 1. The fourth-order valence-electron chi connectivity index (χ4n) is 1.80. The van der Waals surface area contributed by atoms with Gasteiger partial charge in [0, 0.05) is 10.3 Å². The van der Waals surface area contributed by atoms with E-state index in [-0.39, 0.29) is 11.2 Å². The highest BCUT2D eigenvalue weighted by atomic mass is 35.5. The van der Waals surface area contributed by atoms with Crippen LogP contribution in [0.3, 0.4) is 0 Å². The monoisotopic (exact) mass is 339 g/mol. The van der Waals surface area contributed by atoms with Crippen molar-refractivity contribution in [1.82, 2.24) is 0 Å². The average molecular weight is 340 g/mol. The van der Waals surface area contributed by atoms with Crippen LogP contribution in [0.25, 0.3) is 0 Å². The summed E-state index contributed by atoms with van der Waals surface area (Å²) in [7, 11) is 0. The molecule has 0 spiro atoms. The van der Waals surface area contributed by atoms with Gasteiger partial charge in [0.05, 0.1) is 16.5 Å². The molecule has 0 fully saturated rings. The van der Waals surface area contributed by atoms with Gasteiger partial charge in [-0.3, -0.25) is 4.79 Å². The summed E-state index contributed by atoms with van der Waals surface area (Å²) in [6, 6.07) is 15.1. The van der Waals surface area contributed by atoms with Gasteiger partial charge >= 0.3 is 0 Å². The van der Waals surface area contributed by atoms with Crippen molar-refractivity contribution in [2.75, 3.05) is 11.1 Å². The molecular formula is C16H15Cl2NOS. The molecule has 21 heavy (non-hydrogen) atoms. The molecule has 5 heteroatoms. The maximum atomic E-state index is 12.0. The Morgan fingerprint density at radius 2 is 1.90 bits per heavy atom. The number of carbonyl (C=O) groups excluding carboxylic acids is 1. The van der Waals surface area contributed by atoms with E-state index in [0.29, 0.717) is 21.5 Å². The Hall–Kier alpha value is -1.16. The van der Waals surface area contributed by atoms with Gasteiger partial charge < -0.3 is 5.32 Å². The minimum absolute atomic E-state index is 0.0908. The van der Waals surface area contributed by atoms with E-state index in [4.69, 9.17) is 23.2 Å². The molecule has 0 saturated heterocycles. The van der Waals surface area contributed by atoms with E-state index in [1.54, 1.807) is 30.0 Å². The zero-order valence-corrected chi connectivity index (χ0v) is 13.8. The lowest BCUT2D eigenvalue weighted by Crippen LogP contribution is -2.15. The third-order valence-corrected chi connectivity index (χ3v) is 4.70. The zero-order chi connectivity index (χ0) is 15.2. The Bertz CT molecular complexity index is 619. The summed E-state index contributed by atoms with van der Waals surface area (Å²) in [6.45, 7) is 2.08. The largest absolute Gasteiger partial charge is 0.324 e. The Labute approximate surface area is 138 Å². The molecule has 1 amide bonds. The molecule has 2 aromatic rings. The maximum Gasteiger partial charge on any atom is 0.234 e. The van der Waals surface area contributed by atoms with Crippen LogP contribution in [0.2, 0.25) is 10.0 Å². The first-order valence-corrected chi connectivity index (χ1v) is 8.28. The highest BCUT2D eigenvalue weighted by Gasteiger charge is 2.10. The number of anilines is 1. The predicted molar refractivity (Wildman–Crippen MR) is 92.4 cm³/mol. The van der Waals surface area contributed by atoms with Gasteiger partial charge in [-0.05, 0) is 30.7 Å². The summed E-state index contributed by atoms with van der Waals surface area (Å²) in [5, 5.41) is 4.06. The molecular weight excluding hydrogens is 325 g/mol. The zero-order valence-electron chi connectivity index (χ0n) is 11.5. The fraction of sp³-hybridized carbons (Fsp3) is 0.188. The molecule has 0 heterocycles. The molecule has 2 rings (SSSR count). The van der Waals surface area contributed by atoms with Crippen molar-refractivity contribution in [1.29, 1.82) is 0 Å². The number of hydrogen-bond acceptors (Lipinski definition) is 2. The second-order valence-electron chi connectivity index (χ2n) is 4.54. The van der Waals surface area contributed by atoms with E-state index in [0.717, 1.165) is 0 Å². The van der Waals surface area contributed by atoms with E-state index >= 15 is 0 Å². The van der Waals surface area contributed by atoms with Gasteiger partial charge in [0.15, 0.2) is 0 Å². The molecule has 0 radical (unpaired) electrons. The molecule has 2 nitrogen and oxygen atoms in total. The van der Waals surface area contributed by atoms with Crippen molar-refractivity contribution in [3.8, 4) is 0 Å². The number of thioether (sulfide) groups is 1. The number of hydrogen-bond donors (Lipinski definition) is 1. The molecule has 0 aliphatic rings. The molecule has 0 bridgehead atoms. The first-order valence-electron chi connectivity index (χ1n) is 6.47. The summed E-state index contributed by atoms with van der Waals surface area (Å²) in [4.78, 5) is 12.0. The molecule has 110 valence electrons. The van der Waals surface area contributed by atoms with Gasteiger partial charge in [0.2, 0.25) is 5.91 Å². The van der Waals surface area contributed by atoms with E-state index in [1.807, 2.05) is 18.2 Å². The number of nitrogens with one attached hydrogen (secondary N) is 1. The van der Waals surface area contributed by atoms with Crippen molar-refractivity contribution in [3.63, 3.8) is 0 Å². The second kappa shape index (κ2) is 7.74. The first-order chi connectivity index (χ1) is 10.1. The molecule has 0 aromatic heterocycles. The SMILES string of the molecule is C[C@H](SCC(=O)Nc1cc(Cl)ccc1Cl)c1ccccc1. The maximum absolute atomic E-state index is 12.0. The van der Waals surface area contributed by atoms with Crippen molar-refractivity contribution in [2.24, 2.45) is 0 Å². The number of halogens is 2. The lowest BCUT2D eigenvalue weighted by atomic mass is 10.2. The van der Waals surface area contributed by atoms with Crippen LogP contribution in [0.5, 0.6) is 0 Å². The third kappa shape index (κ3) is 4.95. The van der Waals surface area contributed by atoms with Crippen LogP contribution < -0.4 is 5.32 Å². The molecule has 0 saturated carbocycles. The molecule has 2 aromatic carbocycles. The van der Waals surface area contributed by atoms with Crippen molar-refractivity contribution < 1.29 is 4.79 Å². The fourth-order valence-corrected chi connectivity index (χ4v) is 2.96. The smallest absolute Gasteiger partial charge is 0.234 e. The van der Waals surface area contributed by atoms with Crippen LogP contribution in [0.1, 0.15) is 17.7 Å². The van der Waals surface area contributed by atoms with Gasteiger partial charge in [0.1, 0.15) is 0 Å². The Balaban J connectivity index is 1.89. The van der Waals surface area contributed by atoms with Crippen molar-refractivity contribution in [3.05, 3.63) is 64.1 Å². The summed E-state index contributed by atoms with van der Waals surface area (Å²) in [6.07, 6.45) is 0. The number of carbonyl (C=O) groups is 1. The van der Waals surface area contributed by atoms with E-state index in [1.165, 1.54) is 5.56 Å². The van der Waals surface area contributed by atoms with Crippen LogP contribution in [0.4, 0.5) is 5.69 Å². The summed E-state index contributed by atoms with van der Waals surface area (Å²) in [5.74, 6) is 0.269. The molecule has 0 unspecified atom stereocenters. The van der Waals surface area contributed by atoms with Crippen molar-refractivity contribution in [2.45, 2.75) is 12.2 Å². The summed E-state index contributed by atoms with van der Waals surface area (Å²) < 4.78 is 0. The van der Waals surface area contributed by atoms with Gasteiger partial charge in [-0.2, -0.15) is 0 Å². The lowest BCUT2D eigenvalue weighted by molar-refractivity contribution is -0.113. The van der Waals surface area contributed by atoms with Crippen LogP contribution >= 0.6 is 35.0 Å². The van der Waals surface area contributed by atoms with Crippen LogP contribution in [0.15, 0.2) is 48.5 Å². The molecule has 0 aliphatic carbocycles. The van der Waals surface area contributed by atoms with Crippen LogP contribution in [-0.2, 0) is 4.79 Å². The first kappa shape index (κ1) is 16.2.